The monoisotopic (exact) mass is 265 g/mol. The second kappa shape index (κ2) is 4.90. The third kappa shape index (κ3) is 2.62. The van der Waals surface area contributed by atoms with Crippen LogP contribution in [0.1, 0.15) is 36.3 Å². The molecule has 3 rings (SSSR count). The molecule has 2 fully saturated rings. The van der Waals surface area contributed by atoms with Crippen LogP contribution < -0.4 is 10.6 Å². The lowest BCUT2D eigenvalue weighted by Crippen LogP contribution is -2.49. The van der Waals surface area contributed by atoms with Crippen LogP contribution in [0.15, 0.2) is 6.20 Å². The van der Waals surface area contributed by atoms with Gasteiger partial charge in [-0.1, -0.05) is 5.21 Å². The minimum absolute atomic E-state index is 0.150. The van der Waals surface area contributed by atoms with Gasteiger partial charge in [0.1, 0.15) is 0 Å². The predicted molar refractivity (Wildman–Crippen MR) is 67.9 cm³/mol. The van der Waals surface area contributed by atoms with Gasteiger partial charge in [-0.25, -0.2) is 4.68 Å². The Labute approximate surface area is 111 Å². The van der Waals surface area contributed by atoms with Gasteiger partial charge in [-0.3, -0.25) is 4.79 Å². The Hall–Kier alpha value is -1.47. The van der Waals surface area contributed by atoms with Crippen LogP contribution in [0, 0.1) is 0 Å². The van der Waals surface area contributed by atoms with Gasteiger partial charge in [-0.15, -0.1) is 5.10 Å². The van der Waals surface area contributed by atoms with Gasteiger partial charge < -0.3 is 15.4 Å². The number of carbonyl (C=O) groups excluding carboxylic acids is 1. The van der Waals surface area contributed by atoms with Crippen molar-refractivity contribution in [1.29, 1.82) is 0 Å². The molecule has 2 saturated heterocycles. The minimum atomic E-state index is -0.197. The average molecular weight is 265 g/mol. The topological polar surface area (TPSA) is 81.1 Å². The number of hydrogen-bond acceptors (Lipinski definition) is 5. The summed E-state index contributed by atoms with van der Waals surface area (Å²) in [7, 11) is 0. The highest BCUT2D eigenvalue weighted by Gasteiger charge is 2.30. The van der Waals surface area contributed by atoms with Crippen LogP contribution in [0.4, 0.5) is 0 Å². The van der Waals surface area contributed by atoms with E-state index < -0.39 is 0 Å². The quantitative estimate of drug-likeness (QED) is 0.785. The van der Waals surface area contributed by atoms with E-state index in [4.69, 9.17) is 4.74 Å². The second-order valence-electron chi connectivity index (χ2n) is 5.52. The number of rotatable bonds is 3. The molecule has 2 aliphatic heterocycles. The minimum Gasteiger partial charge on any atom is -0.381 e. The van der Waals surface area contributed by atoms with E-state index in [2.05, 4.69) is 20.9 Å². The fraction of sp³-hybridized carbons (Fsp3) is 0.750. The summed E-state index contributed by atoms with van der Waals surface area (Å²) in [5, 5.41) is 14.2. The molecule has 0 spiro atoms. The van der Waals surface area contributed by atoms with Gasteiger partial charge in [-0.2, -0.15) is 0 Å². The van der Waals surface area contributed by atoms with Crippen molar-refractivity contribution < 1.29 is 9.53 Å². The molecule has 0 unspecified atom stereocenters. The van der Waals surface area contributed by atoms with Gasteiger partial charge in [0, 0.05) is 31.8 Å². The molecule has 7 heteroatoms. The summed E-state index contributed by atoms with van der Waals surface area (Å²) in [6, 6.07) is 0.327. The van der Waals surface area contributed by atoms with E-state index in [0.717, 1.165) is 25.9 Å². The van der Waals surface area contributed by atoms with Crippen molar-refractivity contribution in [1.82, 2.24) is 25.6 Å². The van der Waals surface area contributed by atoms with Crippen molar-refractivity contribution >= 4 is 5.91 Å². The normalized spacial score (nSPS) is 22.8. The van der Waals surface area contributed by atoms with Gasteiger partial charge in [0.05, 0.1) is 12.2 Å². The molecule has 1 aromatic heterocycles. The van der Waals surface area contributed by atoms with E-state index in [1.165, 1.54) is 0 Å². The molecule has 19 heavy (non-hydrogen) atoms. The Morgan fingerprint density at radius 1 is 1.53 bits per heavy atom. The molecule has 7 nitrogen and oxygen atoms in total. The number of carbonyl (C=O) groups is 1. The van der Waals surface area contributed by atoms with E-state index in [1.54, 1.807) is 10.9 Å². The maximum absolute atomic E-state index is 12.2. The van der Waals surface area contributed by atoms with Crippen LogP contribution in [0.5, 0.6) is 0 Å². The van der Waals surface area contributed by atoms with Crippen LogP contribution in [0.25, 0.3) is 0 Å². The highest BCUT2D eigenvalue weighted by Crippen LogP contribution is 2.20. The van der Waals surface area contributed by atoms with E-state index in [1.807, 2.05) is 6.92 Å². The third-order valence-corrected chi connectivity index (χ3v) is 3.89. The van der Waals surface area contributed by atoms with Crippen molar-refractivity contribution in [3.63, 3.8) is 0 Å². The summed E-state index contributed by atoms with van der Waals surface area (Å²) in [6.07, 6.45) is 3.39. The van der Waals surface area contributed by atoms with E-state index >= 15 is 0 Å². The van der Waals surface area contributed by atoms with E-state index in [-0.39, 0.29) is 11.4 Å². The summed E-state index contributed by atoms with van der Waals surface area (Å²) < 4.78 is 7.08. The Morgan fingerprint density at radius 3 is 2.89 bits per heavy atom. The Kier molecular flexibility index (Phi) is 3.24. The number of nitrogens with one attached hydrogen (secondary N) is 2. The first-order valence-corrected chi connectivity index (χ1v) is 6.69. The maximum atomic E-state index is 12.2. The molecule has 0 saturated carbocycles. The number of aromatic nitrogens is 3. The smallest absolute Gasteiger partial charge is 0.273 e. The van der Waals surface area contributed by atoms with Gasteiger partial charge in [0.15, 0.2) is 5.69 Å². The van der Waals surface area contributed by atoms with Gasteiger partial charge in [0.2, 0.25) is 0 Å². The fourth-order valence-corrected chi connectivity index (χ4v) is 2.30. The van der Waals surface area contributed by atoms with Gasteiger partial charge in [0.25, 0.3) is 5.91 Å². The zero-order valence-electron chi connectivity index (χ0n) is 11.1. The lowest BCUT2D eigenvalue weighted by molar-refractivity contribution is 0.0421. The summed E-state index contributed by atoms with van der Waals surface area (Å²) in [5.74, 6) is -0.150. The van der Waals surface area contributed by atoms with Crippen molar-refractivity contribution in [2.75, 3.05) is 26.3 Å². The zero-order chi connectivity index (χ0) is 13.3. The number of amides is 1. The van der Waals surface area contributed by atoms with Crippen LogP contribution in [-0.4, -0.2) is 52.7 Å². The Balaban J connectivity index is 1.64. The predicted octanol–water partition coefficient (Wildman–Crippen LogP) is -0.279. The molecule has 0 atom stereocenters. The van der Waals surface area contributed by atoms with Crippen LogP contribution in [-0.2, 0) is 4.74 Å². The lowest BCUT2D eigenvalue weighted by atomic mass is 9.92. The largest absolute Gasteiger partial charge is 0.381 e. The molecule has 3 heterocycles. The summed E-state index contributed by atoms with van der Waals surface area (Å²) in [4.78, 5) is 12.2. The molecular formula is C12H19N5O2. The highest BCUT2D eigenvalue weighted by molar-refractivity contribution is 5.92. The van der Waals surface area contributed by atoms with Crippen LogP contribution in [0.3, 0.4) is 0 Å². The summed E-state index contributed by atoms with van der Waals surface area (Å²) in [6.45, 7) is 5.21. The van der Waals surface area contributed by atoms with Crippen LogP contribution >= 0.6 is 0 Å². The van der Waals surface area contributed by atoms with Gasteiger partial charge in [-0.05, 0) is 19.8 Å². The first kappa shape index (κ1) is 12.6. The highest BCUT2D eigenvalue weighted by atomic mass is 16.5. The molecule has 1 aromatic rings. The van der Waals surface area contributed by atoms with Crippen molar-refractivity contribution in [2.24, 2.45) is 0 Å². The van der Waals surface area contributed by atoms with Crippen molar-refractivity contribution in [2.45, 2.75) is 31.3 Å². The molecule has 0 radical (unpaired) electrons. The lowest BCUT2D eigenvalue weighted by Gasteiger charge is -2.34. The fourth-order valence-electron chi connectivity index (χ4n) is 2.30. The average Bonchev–Trinajstić information content (AvgIpc) is 2.76. The molecular weight excluding hydrogens is 246 g/mol. The SMILES string of the molecule is CC1(NC(=O)c2cn(C3CNC3)nn2)CCOCC1. The first-order chi connectivity index (χ1) is 9.16. The summed E-state index contributed by atoms with van der Waals surface area (Å²) in [5.41, 5.74) is 0.191. The second-order valence-corrected chi connectivity index (χ2v) is 5.52. The number of hydrogen-bond donors (Lipinski definition) is 2. The molecule has 1 amide bonds. The summed E-state index contributed by atoms with van der Waals surface area (Å²) >= 11 is 0. The third-order valence-electron chi connectivity index (χ3n) is 3.89. The van der Waals surface area contributed by atoms with Crippen molar-refractivity contribution in [3.8, 4) is 0 Å². The zero-order valence-corrected chi connectivity index (χ0v) is 11.1. The maximum Gasteiger partial charge on any atom is 0.273 e. The van der Waals surface area contributed by atoms with Gasteiger partial charge >= 0.3 is 0 Å². The molecule has 0 aliphatic carbocycles. The molecule has 2 N–H and O–H groups in total. The molecule has 0 bridgehead atoms. The Bertz CT molecular complexity index is 462. The van der Waals surface area contributed by atoms with Crippen molar-refractivity contribution in [3.05, 3.63) is 11.9 Å². The Morgan fingerprint density at radius 2 is 2.26 bits per heavy atom. The number of ether oxygens (including phenoxy) is 1. The number of nitrogens with zero attached hydrogens (tertiary/aromatic N) is 3. The van der Waals surface area contributed by atoms with E-state index in [0.29, 0.717) is 24.9 Å². The van der Waals surface area contributed by atoms with Crippen LogP contribution in [0.2, 0.25) is 0 Å². The first-order valence-electron chi connectivity index (χ1n) is 6.69. The molecule has 0 aromatic carbocycles. The standard InChI is InChI=1S/C12H19N5O2/c1-12(2-4-19-5-3-12)14-11(18)10-8-17(16-15-10)9-6-13-7-9/h8-9,13H,2-7H2,1H3,(H,14,18). The van der Waals surface area contributed by atoms with E-state index in [9.17, 15) is 4.79 Å². The molecule has 2 aliphatic rings. The molecule has 104 valence electrons.